The van der Waals surface area contributed by atoms with Crippen LogP contribution >= 0.6 is 23.6 Å². The first kappa shape index (κ1) is 24.1. The number of thiocarbonyl (C=S) groups is 1. The Morgan fingerprint density at radius 2 is 1.68 bits per heavy atom. The maximum atomic E-state index is 12.7. The van der Waals surface area contributed by atoms with Crippen LogP contribution in [-0.4, -0.2) is 16.9 Å². The summed E-state index contributed by atoms with van der Waals surface area (Å²) in [5, 5.41) is 6.53. The van der Waals surface area contributed by atoms with Gasteiger partial charge in [0.1, 0.15) is 5.00 Å². The number of hydrogen-bond acceptors (Lipinski definition) is 4. The van der Waals surface area contributed by atoms with Gasteiger partial charge in [-0.3, -0.25) is 14.9 Å². The highest BCUT2D eigenvalue weighted by atomic mass is 32.1. The van der Waals surface area contributed by atoms with Crippen molar-refractivity contribution in [2.45, 2.75) is 40.0 Å². The van der Waals surface area contributed by atoms with Crippen molar-refractivity contribution in [3.63, 3.8) is 0 Å². The van der Waals surface area contributed by atoms with Gasteiger partial charge < -0.3 is 11.1 Å². The fourth-order valence-corrected chi connectivity index (χ4v) is 6.02. The molecule has 1 unspecified atom stereocenters. The molecule has 0 bridgehead atoms. The lowest BCUT2D eigenvalue weighted by Gasteiger charge is -2.33. The fourth-order valence-electron chi connectivity index (χ4n) is 4.43. The third-order valence-electron chi connectivity index (χ3n) is 6.44. The van der Waals surface area contributed by atoms with Gasteiger partial charge in [-0.1, -0.05) is 63.2 Å². The number of primary amides is 1. The van der Waals surface area contributed by atoms with E-state index in [0.29, 0.717) is 22.0 Å². The molecule has 2 aromatic carbocycles. The highest BCUT2D eigenvalue weighted by Gasteiger charge is 2.33. The molecule has 1 aromatic heterocycles. The number of carbonyl (C=O) groups is 2. The maximum absolute atomic E-state index is 12.7. The van der Waals surface area contributed by atoms with Gasteiger partial charge in [-0.2, -0.15) is 0 Å². The quantitative estimate of drug-likeness (QED) is 0.403. The van der Waals surface area contributed by atoms with Gasteiger partial charge in [0.25, 0.3) is 11.8 Å². The Labute approximate surface area is 209 Å². The fraction of sp³-hybridized carbons (Fsp3) is 0.296. The second kappa shape index (κ2) is 9.68. The summed E-state index contributed by atoms with van der Waals surface area (Å²) in [7, 11) is 0. The number of fused-ring (bicyclic) bond motifs is 1. The van der Waals surface area contributed by atoms with Crippen molar-refractivity contribution in [1.29, 1.82) is 0 Å². The van der Waals surface area contributed by atoms with E-state index in [2.05, 4.69) is 31.4 Å². The average molecular weight is 492 g/mol. The van der Waals surface area contributed by atoms with Gasteiger partial charge in [0, 0.05) is 10.4 Å². The summed E-state index contributed by atoms with van der Waals surface area (Å²) in [5.74, 6) is -0.246. The Morgan fingerprint density at radius 3 is 2.29 bits per heavy atom. The molecule has 1 aliphatic carbocycles. The molecular weight excluding hydrogens is 462 g/mol. The van der Waals surface area contributed by atoms with Gasteiger partial charge in [-0.05, 0) is 71.6 Å². The van der Waals surface area contributed by atoms with Crippen molar-refractivity contribution >= 4 is 45.5 Å². The van der Waals surface area contributed by atoms with Gasteiger partial charge >= 0.3 is 0 Å². The van der Waals surface area contributed by atoms with E-state index in [9.17, 15) is 9.59 Å². The van der Waals surface area contributed by atoms with Crippen LogP contribution < -0.4 is 16.4 Å². The van der Waals surface area contributed by atoms with Crippen LogP contribution in [0.5, 0.6) is 0 Å². The summed E-state index contributed by atoms with van der Waals surface area (Å²) in [6, 6.07) is 17.3. The lowest BCUT2D eigenvalue weighted by atomic mass is 9.72. The Balaban J connectivity index is 1.46. The van der Waals surface area contributed by atoms with Gasteiger partial charge in [-0.15, -0.1) is 11.3 Å². The molecular formula is C27H29N3O2S2. The smallest absolute Gasteiger partial charge is 0.257 e. The first-order valence-electron chi connectivity index (χ1n) is 11.4. The molecule has 1 heterocycles. The minimum Gasteiger partial charge on any atom is -0.365 e. The van der Waals surface area contributed by atoms with Crippen LogP contribution in [0.4, 0.5) is 5.00 Å². The molecule has 176 valence electrons. The number of carbonyl (C=O) groups excluding carboxylic acids is 2. The molecule has 7 heteroatoms. The van der Waals surface area contributed by atoms with Gasteiger partial charge in [0.2, 0.25) is 0 Å². The molecule has 1 atom stereocenters. The number of thiophene rings is 1. The van der Waals surface area contributed by atoms with E-state index in [1.165, 1.54) is 16.2 Å². The minimum atomic E-state index is -0.472. The number of amides is 2. The molecule has 0 saturated carbocycles. The van der Waals surface area contributed by atoms with Crippen LogP contribution in [-0.2, 0) is 12.8 Å². The zero-order valence-electron chi connectivity index (χ0n) is 19.6. The van der Waals surface area contributed by atoms with Crippen molar-refractivity contribution < 1.29 is 9.59 Å². The first-order valence-corrected chi connectivity index (χ1v) is 12.6. The van der Waals surface area contributed by atoms with E-state index < -0.39 is 5.91 Å². The average Bonchev–Trinajstić information content (AvgIpc) is 3.16. The predicted octanol–water partition coefficient (Wildman–Crippen LogP) is 5.79. The summed E-state index contributed by atoms with van der Waals surface area (Å²) in [5.41, 5.74) is 10.1. The molecule has 0 aliphatic heterocycles. The summed E-state index contributed by atoms with van der Waals surface area (Å²) < 4.78 is 0. The van der Waals surface area contributed by atoms with E-state index in [1.807, 2.05) is 42.5 Å². The SMILES string of the molecule is CC(C)(C)C1CCc2c(sc(NC(=S)NC(=O)c3ccc(-c4ccccc4)cc3)c2C(N)=O)C1. The first-order chi connectivity index (χ1) is 16.1. The number of nitrogens with one attached hydrogen (secondary N) is 2. The van der Waals surface area contributed by atoms with Crippen LogP contribution in [0.1, 0.15) is 58.3 Å². The molecule has 4 N–H and O–H groups in total. The highest BCUT2D eigenvalue weighted by Crippen LogP contribution is 2.44. The molecule has 0 fully saturated rings. The second-order valence-electron chi connectivity index (χ2n) is 9.73. The zero-order valence-corrected chi connectivity index (χ0v) is 21.2. The van der Waals surface area contributed by atoms with E-state index in [1.54, 1.807) is 12.1 Å². The predicted molar refractivity (Wildman–Crippen MR) is 143 cm³/mol. The standard InChI is InChI=1S/C27H29N3O2S2/c1-27(2,3)19-13-14-20-21(15-19)34-25(22(20)23(28)31)30-26(33)29-24(32)18-11-9-17(10-12-18)16-7-5-4-6-8-16/h4-12,19H,13-15H2,1-3H3,(H2,28,31)(H2,29,30,32,33). The summed E-state index contributed by atoms with van der Waals surface area (Å²) in [4.78, 5) is 26.2. The Bertz CT molecular complexity index is 1230. The molecule has 5 nitrogen and oxygen atoms in total. The third kappa shape index (κ3) is 5.21. The van der Waals surface area contributed by atoms with Gasteiger partial charge in [0.05, 0.1) is 5.56 Å². The van der Waals surface area contributed by atoms with E-state index in [-0.39, 0.29) is 16.4 Å². The summed E-state index contributed by atoms with van der Waals surface area (Å²) in [6.45, 7) is 6.75. The number of benzene rings is 2. The monoisotopic (exact) mass is 491 g/mol. The Morgan fingerprint density at radius 1 is 1.03 bits per heavy atom. The molecule has 1 aliphatic rings. The van der Waals surface area contributed by atoms with Gasteiger partial charge in [0.15, 0.2) is 5.11 Å². The molecule has 2 amide bonds. The van der Waals surface area contributed by atoms with Crippen molar-refractivity contribution in [3.8, 4) is 11.1 Å². The maximum Gasteiger partial charge on any atom is 0.257 e. The lowest BCUT2D eigenvalue weighted by Crippen LogP contribution is -2.34. The van der Waals surface area contributed by atoms with E-state index in [0.717, 1.165) is 36.0 Å². The van der Waals surface area contributed by atoms with Crippen molar-refractivity contribution in [1.82, 2.24) is 5.32 Å². The van der Waals surface area contributed by atoms with Crippen LogP contribution in [0.3, 0.4) is 0 Å². The van der Waals surface area contributed by atoms with Crippen molar-refractivity contribution in [3.05, 3.63) is 76.2 Å². The highest BCUT2D eigenvalue weighted by molar-refractivity contribution is 7.80. The van der Waals surface area contributed by atoms with Gasteiger partial charge in [-0.25, -0.2) is 0 Å². The third-order valence-corrected chi connectivity index (χ3v) is 7.82. The number of nitrogens with two attached hydrogens (primary N) is 1. The lowest BCUT2D eigenvalue weighted by molar-refractivity contribution is 0.0975. The van der Waals surface area contributed by atoms with E-state index in [4.69, 9.17) is 18.0 Å². The van der Waals surface area contributed by atoms with Crippen LogP contribution in [0, 0.1) is 11.3 Å². The molecule has 0 saturated heterocycles. The second-order valence-corrected chi connectivity index (χ2v) is 11.2. The molecule has 4 rings (SSSR count). The number of rotatable bonds is 4. The van der Waals surface area contributed by atoms with Crippen molar-refractivity contribution in [2.75, 3.05) is 5.32 Å². The summed E-state index contributed by atoms with van der Waals surface area (Å²) in [6.07, 6.45) is 2.76. The zero-order chi connectivity index (χ0) is 24.5. The molecule has 34 heavy (non-hydrogen) atoms. The Kier molecular flexibility index (Phi) is 6.86. The number of hydrogen-bond donors (Lipinski definition) is 3. The van der Waals surface area contributed by atoms with E-state index >= 15 is 0 Å². The van der Waals surface area contributed by atoms with Crippen LogP contribution in [0.25, 0.3) is 11.1 Å². The molecule has 3 aromatic rings. The van der Waals surface area contributed by atoms with Crippen LogP contribution in [0.2, 0.25) is 0 Å². The van der Waals surface area contributed by atoms with Crippen LogP contribution in [0.15, 0.2) is 54.6 Å². The Hall–Kier alpha value is -3.03. The topological polar surface area (TPSA) is 84.2 Å². The summed E-state index contributed by atoms with van der Waals surface area (Å²) >= 11 is 6.91. The molecule has 0 radical (unpaired) electrons. The number of anilines is 1. The minimum absolute atomic E-state index is 0.144. The largest absolute Gasteiger partial charge is 0.365 e. The normalized spacial score (nSPS) is 15.3. The van der Waals surface area contributed by atoms with Crippen molar-refractivity contribution in [2.24, 2.45) is 17.1 Å². The molecule has 0 spiro atoms.